The molecule has 0 radical (unpaired) electrons. The predicted octanol–water partition coefficient (Wildman–Crippen LogP) is 2.72. The zero-order chi connectivity index (χ0) is 16.4. The number of furan rings is 1. The van der Waals surface area contributed by atoms with Gasteiger partial charge in [-0.2, -0.15) is 0 Å². The van der Waals surface area contributed by atoms with Crippen LogP contribution in [0.2, 0.25) is 0 Å². The van der Waals surface area contributed by atoms with Crippen molar-refractivity contribution in [3.63, 3.8) is 0 Å². The zero-order valence-corrected chi connectivity index (χ0v) is 13.7. The lowest BCUT2D eigenvalue weighted by Crippen LogP contribution is -2.45. The Bertz CT molecular complexity index is 677. The Kier molecular flexibility index (Phi) is 4.23. The predicted molar refractivity (Wildman–Crippen MR) is 87.0 cm³/mol. The Morgan fingerprint density at radius 2 is 2.25 bits per heavy atom. The van der Waals surface area contributed by atoms with Crippen LogP contribution in [0.15, 0.2) is 29.1 Å². The van der Waals surface area contributed by atoms with Crippen molar-refractivity contribution in [3.8, 4) is 0 Å². The molecule has 1 unspecified atom stereocenters. The number of hydrogen-bond acceptors (Lipinski definition) is 4. The quantitative estimate of drug-likeness (QED) is 0.915. The number of amides is 2. The minimum absolute atomic E-state index is 0.0107. The van der Waals surface area contributed by atoms with Gasteiger partial charge >= 0.3 is 6.03 Å². The molecule has 1 saturated carbocycles. The maximum absolute atomic E-state index is 12.7. The van der Waals surface area contributed by atoms with Crippen molar-refractivity contribution in [2.75, 3.05) is 6.54 Å². The van der Waals surface area contributed by atoms with Crippen molar-refractivity contribution in [2.24, 2.45) is 5.92 Å². The second-order valence-corrected chi connectivity index (χ2v) is 6.73. The molecule has 0 aromatic carbocycles. The fraction of sp³-hybridized carbons (Fsp3) is 0.588. The minimum Gasteiger partial charge on any atom is -0.467 e. The van der Waals surface area contributed by atoms with Crippen LogP contribution >= 0.6 is 0 Å². The van der Waals surface area contributed by atoms with Gasteiger partial charge in [-0.25, -0.2) is 4.79 Å². The molecule has 1 aliphatic heterocycles. The summed E-state index contributed by atoms with van der Waals surface area (Å²) < 4.78 is 7.42. The Morgan fingerprint density at radius 1 is 1.33 bits per heavy atom. The number of carbonyl (C=O) groups is 1. The van der Waals surface area contributed by atoms with E-state index in [9.17, 15) is 4.79 Å². The highest BCUT2D eigenvalue weighted by atomic mass is 16.3. The molecule has 2 aromatic rings. The lowest BCUT2D eigenvalue weighted by atomic mass is 10.0. The number of rotatable bonds is 5. The monoisotopic (exact) mass is 329 g/mol. The summed E-state index contributed by atoms with van der Waals surface area (Å²) in [7, 11) is 0. The van der Waals surface area contributed by atoms with Crippen molar-refractivity contribution in [1.29, 1.82) is 0 Å². The average molecular weight is 329 g/mol. The zero-order valence-electron chi connectivity index (χ0n) is 13.7. The maximum atomic E-state index is 12.7. The summed E-state index contributed by atoms with van der Waals surface area (Å²) in [5, 5.41) is 11.4. The lowest BCUT2D eigenvalue weighted by molar-refractivity contribution is 0.144. The number of nitrogens with zero attached hydrogens (tertiary/aromatic N) is 4. The van der Waals surface area contributed by atoms with Crippen LogP contribution in [0, 0.1) is 5.92 Å². The van der Waals surface area contributed by atoms with Gasteiger partial charge in [-0.15, -0.1) is 10.2 Å². The van der Waals surface area contributed by atoms with Crippen molar-refractivity contribution >= 4 is 6.03 Å². The fourth-order valence-corrected chi connectivity index (χ4v) is 3.36. The lowest BCUT2D eigenvalue weighted by Gasteiger charge is -2.35. The van der Waals surface area contributed by atoms with Gasteiger partial charge in [-0.1, -0.05) is 0 Å². The van der Waals surface area contributed by atoms with E-state index in [4.69, 9.17) is 4.42 Å². The SMILES string of the molecule is O=C(NCc1ccco1)N1CCCCC1c1nncn1CC1CC1. The first-order valence-corrected chi connectivity index (χ1v) is 8.76. The number of carbonyl (C=O) groups excluding carboxylic acids is 1. The second-order valence-electron chi connectivity index (χ2n) is 6.73. The molecule has 0 spiro atoms. The van der Waals surface area contributed by atoms with E-state index in [1.165, 1.54) is 12.8 Å². The van der Waals surface area contributed by atoms with Crippen LogP contribution in [0.3, 0.4) is 0 Å². The van der Waals surface area contributed by atoms with Gasteiger partial charge in [0.15, 0.2) is 5.82 Å². The van der Waals surface area contributed by atoms with E-state index >= 15 is 0 Å². The van der Waals surface area contributed by atoms with Gasteiger partial charge in [0.25, 0.3) is 0 Å². The minimum atomic E-state index is -0.0583. The molecule has 4 rings (SSSR count). The molecule has 1 N–H and O–H groups in total. The molecule has 2 aromatic heterocycles. The molecule has 128 valence electrons. The molecular formula is C17H23N5O2. The third-order valence-corrected chi connectivity index (χ3v) is 4.85. The number of likely N-dealkylation sites (tertiary alicyclic amines) is 1. The standard InChI is InChI=1S/C17H23N5O2/c23-17(18-10-14-4-3-9-24-14)22-8-2-1-5-15(22)16-20-19-12-21(16)11-13-6-7-13/h3-4,9,12-13,15H,1-2,5-8,10-11H2,(H,18,23). The van der Waals surface area contributed by atoms with Crippen molar-refractivity contribution in [1.82, 2.24) is 25.0 Å². The Hall–Kier alpha value is -2.31. The molecule has 0 bridgehead atoms. The van der Waals surface area contributed by atoms with Crippen LogP contribution in [0.1, 0.15) is 49.7 Å². The van der Waals surface area contributed by atoms with E-state index in [0.717, 1.165) is 49.9 Å². The molecule has 1 aliphatic carbocycles. The first-order chi connectivity index (χ1) is 11.8. The van der Waals surface area contributed by atoms with Crippen molar-refractivity contribution < 1.29 is 9.21 Å². The summed E-state index contributed by atoms with van der Waals surface area (Å²) in [5.74, 6) is 2.44. The number of piperidine rings is 1. The van der Waals surface area contributed by atoms with Gasteiger partial charge in [0, 0.05) is 13.1 Å². The highest BCUT2D eigenvalue weighted by Gasteiger charge is 2.32. The summed E-state index contributed by atoms with van der Waals surface area (Å²) in [5.41, 5.74) is 0. The first kappa shape index (κ1) is 15.2. The van der Waals surface area contributed by atoms with E-state index < -0.39 is 0 Å². The van der Waals surface area contributed by atoms with Crippen LogP contribution in [0.4, 0.5) is 4.79 Å². The highest BCUT2D eigenvalue weighted by Crippen LogP contribution is 2.34. The topological polar surface area (TPSA) is 76.2 Å². The summed E-state index contributed by atoms with van der Waals surface area (Å²) in [6.07, 6.45) is 9.08. The van der Waals surface area contributed by atoms with Gasteiger partial charge < -0.3 is 19.2 Å². The van der Waals surface area contributed by atoms with Gasteiger partial charge in [0.05, 0.1) is 18.8 Å². The smallest absolute Gasteiger partial charge is 0.318 e. The average Bonchev–Trinajstić information content (AvgIpc) is 3.09. The summed E-state index contributed by atoms with van der Waals surface area (Å²) in [6.45, 7) is 2.13. The molecule has 2 fully saturated rings. The molecule has 7 heteroatoms. The number of nitrogens with one attached hydrogen (secondary N) is 1. The van der Waals surface area contributed by atoms with Crippen LogP contribution in [-0.2, 0) is 13.1 Å². The highest BCUT2D eigenvalue weighted by molar-refractivity contribution is 5.74. The van der Waals surface area contributed by atoms with Crippen LogP contribution < -0.4 is 5.32 Å². The van der Waals surface area contributed by atoms with E-state index in [2.05, 4.69) is 20.1 Å². The van der Waals surface area contributed by atoms with Crippen LogP contribution in [0.5, 0.6) is 0 Å². The van der Waals surface area contributed by atoms with Gasteiger partial charge in [-0.05, 0) is 50.2 Å². The molecule has 3 heterocycles. The van der Waals surface area contributed by atoms with Gasteiger partial charge in [-0.3, -0.25) is 0 Å². The Morgan fingerprint density at radius 3 is 3.04 bits per heavy atom. The van der Waals surface area contributed by atoms with Crippen molar-refractivity contribution in [2.45, 2.75) is 51.2 Å². The fourth-order valence-electron chi connectivity index (χ4n) is 3.36. The van der Waals surface area contributed by atoms with Crippen molar-refractivity contribution in [3.05, 3.63) is 36.3 Å². The largest absolute Gasteiger partial charge is 0.467 e. The van der Waals surface area contributed by atoms with E-state index in [1.54, 1.807) is 12.6 Å². The van der Waals surface area contributed by atoms with Gasteiger partial charge in [0.2, 0.25) is 0 Å². The van der Waals surface area contributed by atoms with E-state index in [-0.39, 0.29) is 12.1 Å². The van der Waals surface area contributed by atoms with Crippen LogP contribution in [0.25, 0.3) is 0 Å². The third-order valence-electron chi connectivity index (χ3n) is 4.85. The molecule has 24 heavy (non-hydrogen) atoms. The van der Waals surface area contributed by atoms with Crippen LogP contribution in [-0.4, -0.2) is 32.2 Å². The molecule has 2 aliphatic rings. The number of urea groups is 1. The maximum Gasteiger partial charge on any atom is 0.318 e. The third kappa shape index (κ3) is 3.29. The summed E-state index contributed by atoms with van der Waals surface area (Å²) in [4.78, 5) is 14.6. The molecule has 1 atom stereocenters. The molecule has 1 saturated heterocycles. The second kappa shape index (κ2) is 6.67. The number of hydrogen-bond donors (Lipinski definition) is 1. The van der Waals surface area contributed by atoms with E-state index in [0.29, 0.717) is 6.54 Å². The Labute approximate surface area is 141 Å². The Balaban J connectivity index is 1.46. The molecule has 2 amide bonds. The summed E-state index contributed by atoms with van der Waals surface area (Å²) >= 11 is 0. The van der Waals surface area contributed by atoms with E-state index in [1.807, 2.05) is 17.0 Å². The normalized spacial score (nSPS) is 21.0. The van der Waals surface area contributed by atoms with Gasteiger partial charge in [0.1, 0.15) is 12.1 Å². The summed E-state index contributed by atoms with van der Waals surface area (Å²) in [6, 6.07) is 3.64. The number of aromatic nitrogens is 3. The molecular weight excluding hydrogens is 306 g/mol. The molecule has 7 nitrogen and oxygen atoms in total. The first-order valence-electron chi connectivity index (χ1n) is 8.76.